The maximum Gasteiger partial charge on any atom is 0.221 e. The first-order chi connectivity index (χ1) is 3.83. The molecule has 0 spiro atoms. The number of hydrogen-bond donors (Lipinski definition) is 1. The Morgan fingerprint density at radius 1 is 1.75 bits per heavy atom. The van der Waals surface area contributed by atoms with E-state index in [1.165, 1.54) is 0 Å². The predicted molar refractivity (Wildman–Crippen MR) is 27.0 cm³/mol. The van der Waals surface area contributed by atoms with Crippen LogP contribution in [0, 0.1) is 4.91 Å². The van der Waals surface area contributed by atoms with E-state index in [1.807, 2.05) is 0 Å². The fourth-order valence-corrected chi connectivity index (χ4v) is 0.677. The summed E-state index contributed by atoms with van der Waals surface area (Å²) in [4.78, 5) is 20.0. The molecule has 1 N–H and O–H groups in total. The Morgan fingerprint density at radius 3 is 2.75 bits per heavy atom. The molecule has 1 heterocycles. The van der Waals surface area contributed by atoms with Crippen LogP contribution in [0.15, 0.2) is 5.18 Å². The van der Waals surface area contributed by atoms with Crippen molar-refractivity contribution in [1.29, 1.82) is 0 Å². The molecule has 1 fully saturated rings. The van der Waals surface area contributed by atoms with Gasteiger partial charge >= 0.3 is 0 Å². The van der Waals surface area contributed by atoms with Crippen molar-refractivity contribution < 1.29 is 4.79 Å². The minimum atomic E-state index is -0.456. The predicted octanol–water partition coefficient (Wildman–Crippen LogP) is -0.0111. The molecule has 44 valence electrons. The molecule has 0 bridgehead atoms. The molecule has 4 heteroatoms. The van der Waals surface area contributed by atoms with Gasteiger partial charge in [0, 0.05) is 12.8 Å². The van der Waals surface area contributed by atoms with Crippen LogP contribution in [0.5, 0.6) is 0 Å². The van der Waals surface area contributed by atoms with Gasteiger partial charge in [0.1, 0.15) is 0 Å². The number of nitroso groups, excluding NO2 is 1. The van der Waals surface area contributed by atoms with Crippen molar-refractivity contribution in [2.75, 3.05) is 0 Å². The van der Waals surface area contributed by atoms with Gasteiger partial charge in [-0.15, -0.1) is 4.91 Å². The third kappa shape index (κ3) is 0.828. The number of rotatable bonds is 1. The molecule has 1 aliphatic heterocycles. The molecule has 1 unspecified atom stereocenters. The van der Waals surface area contributed by atoms with Crippen LogP contribution in [0.25, 0.3) is 0 Å². The standard InChI is InChI=1S/C4H6N2O2/c7-4-2-1-3(5-4)6-8/h3H,1-2H2,(H,5,7). The fraction of sp³-hybridized carbons (Fsp3) is 0.750. The highest BCUT2D eigenvalue weighted by atomic mass is 16.3. The molecule has 4 nitrogen and oxygen atoms in total. The van der Waals surface area contributed by atoms with Gasteiger partial charge in [0.15, 0.2) is 6.17 Å². The quantitative estimate of drug-likeness (QED) is 0.487. The van der Waals surface area contributed by atoms with E-state index in [0.29, 0.717) is 12.8 Å². The van der Waals surface area contributed by atoms with E-state index in [4.69, 9.17) is 0 Å². The summed E-state index contributed by atoms with van der Waals surface area (Å²) in [5, 5.41) is 5.04. The number of nitrogens with one attached hydrogen (secondary N) is 1. The summed E-state index contributed by atoms with van der Waals surface area (Å²) in [5.74, 6) is -0.0744. The maximum absolute atomic E-state index is 10.3. The molecule has 0 aromatic rings. The summed E-state index contributed by atoms with van der Waals surface area (Å²) in [6.07, 6.45) is 0.543. The second kappa shape index (κ2) is 1.90. The highest BCUT2D eigenvalue weighted by Gasteiger charge is 2.20. The highest BCUT2D eigenvalue weighted by Crippen LogP contribution is 2.05. The molecular formula is C4H6N2O2. The summed E-state index contributed by atoms with van der Waals surface area (Å²) in [6.45, 7) is 0. The van der Waals surface area contributed by atoms with Crippen molar-refractivity contribution in [3.63, 3.8) is 0 Å². The third-order valence-corrected chi connectivity index (χ3v) is 1.10. The van der Waals surface area contributed by atoms with Crippen molar-refractivity contribution in [2.45, 2.75) is 19.0 Å². The lowest BCUT2D eigenvalue weighted by molar-refractivity contribution is -0.119. The average Bonchev–Trinajstić information content (AvgIpc) is 2.14. The van der Waals surface area contributed by atoms with E-state index in [-0.39, 0.29) is 5.91 Å². The van der Waals surface area contributed by atoms with Crippen LogP contribution in [0.4, 0.5) is 0 Å². The number of nitrogens with zero attached hydrogens (tertiary/aromatic N) is 1. The summed E-state index contributed by atoms with van der Waals surface area (Å²) in [5.41, 5.74) is 0. The zero-order chi connectivity index (χ0) is 5.98. The molecule has 1 amide bonds. The minimum absolute atomic E-state index is 0.0744. The Labute approximate surface area is 46.2 Å². The molecule has 0 saturated carbocycles. The zero-order valence-electron chi connectivity index (χ0n) is 4.26. The number of carbonyl (C=O) groups is 1. The first-order valence-electron chi connectivity index (χ1n) is 2.45. The van der Waals surface area contributed by atoms with E-state index in [9.17, 15) is 9.70 Å². The smallest absolute Gasteiger partial charge is 0.221 e. The van der Waals surface area contributed by atoms with E-state index in [2.05, 4.69) is 10.5 Å². The Balaban J connectivity index is 2.43. The van der Waals surface area contributed by atoms with Gasteiger partial charge in [-0.2, -0.15) is 0 Å². The number of carbonyl (C=O) groups excluding carboxylic acids is 1. The summed E-state index contributed by atoms with van der Waals surface area (Å²) < 4.78 is 0. The SMILES string of the molecule is O=NC1CCC(=O)N1. The van der Waals surface area contributed by atoms with Crippen LogP contribution in [0.2, 0.25) is 0 Å². The van der Waals surface area contributed by atoms with Crippen LogP contribution < -0.4 is 5.32 Å². The van der Waals surface area contributed by atoms with Crippen LogP contribution in [-0.4, -0.2) is 12.1 Å². The lowest BCUT2D eigenvalue weighted by Gasteiger charge is -1.93. The topological polar surface area (TPSA) is 58.5 Å². The fourth-order valence-electron chi connectivity index (χ4n) is 0.677. The molecule has 0 aromatic carbocycles. The molecule has 0 aromatic heterocycles. The van der Waals surface area contributed by atoms with Crippen LogP contribution in [-0.2, 0) is 4.79 Å². The van der Waals surface area contributed by atoms with Crippen molar-refractivity contribution in [2.24, 2.45) is 5.18 Å². The Hall–Kier alpha value is -0.930. The lowest BCUT2D eigenvalue weighted by atomic mass is 10.3. The van der Waals surface area contributed by atoms with Gasteiger partial charge in [-0.1, -0.05) is 0 Å². The molecular weight excluding hydrogens is 108 g/mol. The second-order valence-corrected chi connectivity index (χ2v) is 1.73. The summed E-state index contributed by atoms with van der Waals surface area (Å²) in [6, 6.07) is 0. The first-order valence-corrected chi connectivity index (χ1v) is 2.45. The van der Waals surface area contributed by atoms with Gasteiger partial charge in [-0.25, -0.2) is 0 Å². The number of amides is 1. The molecule has 0 aliphatic carbocycles. The van der Waals surface area contributed by atoms with Crippen molar-refractivity contribution >= 4 is 5.91 Å². The van der Waals surface area contributed by atoms with Gasteiger partial charge < -0.3 is 5.32 Å². The maximum atomic E-state index is 10.3. The monoisotopic (exact) mass is 114 g/mol. The minimum Gasteiger partial charge on any atom is -0.331 e. The molecule has 1 saturated heterocycles. The van der Waals surface area contributed by atoms with E-state index in [1.54, 1.807) is 0 Å². The van der Waals surface area contributed by atoms with Crippen molar-refractivity contribution in [1.82, 2.24) is 5.32 Å². The van der Waals surface area contributed by atoms with Gasteiger partial charge in [-0.3, -0.25) is 4.79 Å². The molecule has 8 heavy (non-hydrogen) atoms. The van der Waals surface area contributed by atoms with E-state index < -0.39 is 6.17 Å². The van der Waals surface area contributed by atoms with Crippen LogP contribution >= 0.6 is 0 Å². The summed E-state index contributed by atoms with van der Waals surface area (Å²) >= 11 is 0. The van der Waals surface area contributed by atoms with Crippen LogP contribution in [0.3, 0.4) is 0 Å². The zero-order valence-corrected chi connectivity index (χ0v) is 4.26. The van der Waals surface area contributed by atoms with Gasteiger partial charge in [-0.05, 0) is 5.18 Å². The Kier molecular flexibility index (Phi) is 1.24. The average molecular weight is 114 g/mol. The van der Waals surface area contributed by atoms with Crippen molar-refractivity contribution in [3.05, 3.63) is 4.91 Å². The highest BCUT2D eigenvalue weighted by molar-refractivity contribution is 5.78. The molecule has 0 radical (unpaired) electrons. The summed E-state index contributed by atoms with van der Waals surface area (Å²) in [7, 11) is 0. The van der Waals surface area contributed by atoms with Crippen molar-refractivity contribution in [3.8, 4) is 0 Å². The Morgan fingerprint density at radius 2 is 2.50 bits per heavy atom. The van der Waals surface area contributed by atoms with Gasteiger partial charge in [0.05, 0.1) is 0 Å². The van der Waals surface area contributed by atoms with Gasteiger partial charge in [0.25, 0.3) is 0 Å². The van der Waals surface area contributed by atoms with E-state index >= 15 is 0 Å². The molecule has 1 aliphatic rings. The first kappa shape index (κ1) is 5.21. The number of hydrogen-bond acceptors (Lipinski definition) is 3. The second-order valence-electron chi connectivity index (χ2n) is 1.73. The van der Waals surface area contributed by atoms with Gasteiger partial charge in [0.2, 0.25) is 5.91 Å². The van der Waals surface area contributed by atoms with Crippen LogP contribution in [0.1, 0.15) is 12.8 Å². The van der Waals surface area contributed by atoms with E-state index in [0.717, 1.165) is 0 Å². The molecule has 1 atom stereocenters. The largest absolute Gasteiger partial charge is 0.331 e. The Bertz CT molecular complexity index is 123. The molecule has 1 rings (SSSR count). The normalized spacial score (nSPS) is 27.5. The third-order valence-electron chi connectivity index (χ3n) is 1.10. The lowest BCUT2D eigenvalue weighted by Crippen LogP contribution is -2.22.